The first-order chi connectivity index (χ1) is 11.2. The van der Waals surface area contributed by atoms with Gasteiger partial charge in [0.2, 0.25) is 5.13 Å². The summed E-state index contributed by atoms with van der Waals surface area (Å²) in [7, 11) is 0. The summed E-state index contributed by atoms with van der Waals surface area (Å²) in [5.74, 6) is 0.789. The Balaban J connectivity index is 1.78. The molecule has 0 amide bonds. The van der Waals surface area contributed by atoms with E-state index in [-0.39, 0.29) is 5.92 Å². The summed E-state index contributed by atoms with van der Waals surface area (Å²) in [5.41, 5.74) is 4.87. The molecule has 0 fully saturated rings. The number of azo groups is 1. The van der Waals surface area contributed by atoms with Crippen molar-refractivity contribution < 1.29 is 0 Å². The molecule has 0 saturated heterocycles. The molecule has 3 aromatic rings. The minimum absolute atomic E-state index is 0.157. The Kier molecular flexibility index (Phi) is 4.73. The van der Waals surface area contributed by atoms with Gasteiger partial charge >= 0.3 is 0 Å². The second kappa shape index (κ2) is 7.11. The number of amidine groups is 1. The second-order valence-electron chi connectivity index (χ2n) is 5.27. The minimum Gasteiger partial charge on any atom is -0.277 e. The van der Waals surface area contributed by atoms with Crippen molar-refractivity contribution in [2.45, 2.75) is 13.8 Å². The third-order valence-corrected chi connectivity index (χ3v) is 4.03. The van der Waals surface area contributed by atoms with Crippen molar-refractivity contribution in [1.29, 1.82) is 0 Å². The summed E-state index contributed by atoms with van der Waals surface area (Å²) in [5, 5.41) is 13.5. The molecule has 0 aliphatic heterocycles. The zero-order chi connectivity index (χ0) is 16.1. The van der Waals surface area contributed by atoms with Crippen molar-refractivity contribution in [1.82, 2.24) is 4.98 Å². The lowest BCUT2D eigenvalue weighted by Gasteiger charge is -2.04. The Morgan fingerprint density at radius 3 is 2.52 bits per heavy atom. The molecule has 2 aromatic carbocycles. The van der Waals surface area contributed by atoms with Crippen LogP contribution in [-0.4, -0.2) is 10.8 Å². The van der Waals surface area contributed by atoms with E-state index in [0.29, 0.717) is 11.0 Å². The predicted octanol–water partition coefficient (Wildman–Crippen LogP) is 5.46. The number of thiazole rings is 1. The summed E-state index contributed by atoms with van der Waals surface area (Å²) in [6.07, 6.45) is 0. The van der Waals surface area contributed by atoms with Crippen molar-refractivity contribution in [2.24, 2.45) is 21.2 Å². The molecule has 1 heterocycles. The highest BCUT2D eigenvalue weighted by Crippen LogP contribution is 2.27. The van der Waals surface area contributed by atoms with Crippen LogP contribution in [0.15, 0.2) is 69.9 Å². The molecule has 3 rings (SSSR count). The lowest BCUT2D eigenvalue weighted by molar-refractivity contribution is 0.858. The van der Waals surface area contributed by atoms with Gasteiger partial charge in [-0.15, -0.1) is 10.2 Å². The van der Waals surface area contributed by atoms with Gasteiger partial charge in [-0.05, 0) is 24.3 Å². The molecule has 0 unspecified atom stereocenters. The molecule has 0 atom stereocenters. The van der Waals surface area contributed by atoms with Crippen LogP contribution in [0, 0.1) is 5.92 Å². The van der Waals surface area contributed by atoms with E-state index in [2.05, 4.69) is 25.7 Å². The predicted molar refractivity (Wildman–Crippen MR) is 96.5 cm³/mol. The van der Waals surface area contributed by atoms with E-state index in [4.69, 9.17) is 0 Å². The van der Waals surface area contributed by atoms with Crippen LogP contribution in [0.2, 0.25) is 0 Å². The van der Waals surface area contributed by atoms with Crippen LogP contribution in [-0.2, 0) is 0 Å². The van der Waals surface area contributed by atoms with Crippen LogP contribution in [0.5, 0.6) is 0 Å². The smallest absolute Gasteiger partial charge is 0.231 e. The van der Waals surface area contributed by atoms with E-state index >= 15 is 0 Å². The Morgan fingerprint density at radius 2 is 1.78 bits per heavy atom. The second-order valence-corrected chi connectivity index (χ2v) is 6.28. The average molecular weight is 323 g/mol. The summed E-state index contributed by atoms with van der Waals surface area (Å²) < 4.78 is 1.10. The number of nitrogens with one attached hydrogen (secondary N) is 1. The molecule has 0 saturated carbocycles. The maximum Gasteiger partial charge on any atom is 0.231 e. The van der Waals surface area contributed by atoms with Gasteiger partial charge in [0, 0.05) is 5.92 Å². The highest BCUT2D eigenvalue weighted by molar-refractivity contribution is 7.21. The molecule has 6 heteroatoms. The van der Waals surface area contributed by atoms with Crippen molar-refractivity contribution in [3.05, 3.63) is 54.6 Å². The van der Waals surface area contributed by atoms with Crippen molar-refractivity contribution >= 4 is 38.2 Å². The summed E-state index contributed by atoms with van der Waals surface area (Å²) >= 11 is 1.52. The normalized spacial score (nSPS) is 12.4. The zero-order valence-corrected chi connectivity index (χ0v) is 13.8. The molecular formula is C17H17N5S. The fourth-order valence-electron chi connectivity index (χ4n) is 1.90. The van der Waals surface area contributed by atoms with Crippen LogP contribution >= 0.6 is 11.3 Å². The number of aromatic nitrogens is 1. The maximum atomic E-state index is 4.44. The zero-order valence-electron chi connectivity index (χ0n) is 13.0. The van der Waals surface area contributed by atoms with E-state index in [1.165, 1.54) is 11.3 Å². The molecule has 116 valence electrons. The first kappa shape index (κ1) is 15.3. The van der Waals surface area contributed by atoms with Crippen molar-refractivity contribution in [3.63, 3.8) is 0 Å². The van der Waals surface area contributed by atoms with E-state index in [1.54, 1.807) is 0 Å². The third kappa shape index (κ3) is 3.98. The molecular weight excluding hydrogens is 306 g/mol. The summed E-state index contributed by atoms with van der Waals surface area (Å²) in [4.78, 5) is 4.44. The molecule has 23 heavy (non-hydrogen) atoms. The monoisotopic (exact) mass is 323 g/mol. The molecule has 0 aliphatic rings. The number of hydrogen-bond acceptors (Lipinski definition) is 5. The molecule has 0 spiro atoms. The van der Waals surface area contributed by atoms with E-state index in [0.717, 1.165) is 15.9 Å². The van der Waals surface area contributed by atoms with E-state index < -0.39 is 0 Å². The summed E-state index contributed by atoms with van der Waals surface area (Å²) in [6.45, 7) is 4.06. The lowest BCUT2D eigenvalue weighted by atomic mass is 10.2. The van der Waals surface area contributed by atoms with Crippen LogP contribution in [0.25, 0.3) is 10.2 Å². The molecule has 0 aliphatic carbocycles. The number of nitrogens with zero attached hydrogens (tertiary/aromatic N) is 4. The Bertz CT molecular complexity index is 803. The fourth-order valence-corrected chi connectivity index (χ4v) is 2.69. The van der Waals surface area contributed by atoms with Crippen LogP contribution in [0.1, 0.15) is 13.8 Å². The summed E-state index contributed by atoms with van der Waals surface area (Å²) in [6, 6.07) is 17.7. The van der Waals surface area contributed by atoms with Gasteiger partial charge in [-0.1, -0.05) is 55.5 Å². The van der Waals surface area contributed by atoms with Crippen LogP contribution in [0.3, 0.4) is 0 Å². The highest BCUT2D eigenvalue weighted by atomic mass is 32.1. The minimum atomic E-state index is 0.157. The van der Waals surface area contributed by atoms with Gasteiger partial charge in [0.25, 0.3) is 0 Å². The van der Waals surface area contributed by atoms with Gasteiger partial charge < -0.3 is 0 Å². The Hall–Kier alpha value is -2.60. The topological polar surface area (TPSA) is 62.0 Å². The molecule has 5 nitrogen and oxygen atoms in total. The highest BCUT2D eigenvalue weighted by Gasteiger charge is 2.06. The molecule has 1 N–H and O–H groups in total. The van der Waals surface area contributed by atoms with Gasteiger partial charge in [-0.2, -0.15) is 5.10 Å². The Morgan fingerprint density at radius 1 is 1.04 bits per heavy atom. The molecule has 0 bridgehead atoms. The molecule has 0 radical (unpaired) electrons. The largest absolute Gasteiger partial charge is 0.277 e. The van der Waals surface area contributed by atoms with Gasteiger partial charge in [0.1, 0.15) is 0 Å². The van der Waals surface area contributed by atoms with E-state index in [9.17, 15) is 0 Å². The van der Waals surface area contributed by atoms with E-state index in [1.807, 2.05) is 68.4 Å². The fraction of sp³-hybridized carbons (Fsp3) is 0.176. The molecule has 1 aromatic heterocycles. The number of hydrazone groups is 1. The number of fused-ring (bicyclic) bond motifs is 1. The van der Waals surface area contributed by atoms with Gasteiger partial charge in [-0.3, -0.25) is 5.43 Å². The first-order valence-electron chi connectivity index (χ1n) is 7.38. The van der Waals surface area contributed by atoms with Gasteiger partial charge in [0.15, 0.2) is 5.84 Å². The van der Waals surface area contributed by atoms with Gasteiger partial charge in [-0.25, -0.2) is 4.98 Å². The van der Waals surface area contributed by atoms with Crippen molar-refractivity contribution in [3.8, 4) is 0 Å². The number of para-hydroxylation sites is 2. The first-order valence-corrected chi connectivity index (χ1v) is 8.20. The Labute approximate surface area is 138 Å². The van der Waals surface area contributed by atoms with Crippen molar-refractivity contribution in [2.75, 3.05) is 5.43 Å². The number of benzene rings is 2. The van der Waals surface area contributed by atoms with Gasteiger partial charge in [0.05, 0.1) is 15.9 Å². The lowest BCUT2D eigenvalue weighted by Crippen LogP contribution is -2.06. The number of rotatable bonds is 4. The quantitative estimate of drug-likeness (QED) is 0.300. The van der Waals surface area contributed by atoms with Crippen LogP contribution in [0.4, 0.5) is 10.8 Å². The SMILES string of the molecule is CC(C)/C(N=Nc1nc2ccccc2s1)=N\Nc1ccccc1. The standard InChI is InChI=1S/C17H17N5S/c1-12(2)16(20-19-13-8-4-3-5-9-13)21-22-17-18-14-10-6-7-11-15(14)23-17/h3-12,19H,1-2H3/b20-16+,22-21?. The number of hydrogen-bond donors (Lipinski definition) is 1. The maximum absolute atomic E-state index is 4.44. The third-order valence-electron chi connectivity index (χ3n) is 3.11. The number of anilines is 1. The van der Waals surface area contributed by atoms with Crippen LogP contribution < -0.4 is 5.43 Å². The average Bonchev–Trinajstić information content (AvgIpc) is 2.98.